The SMILES string of the molecule is Cc1ccc(S(=O)(=O)N2CCCC(CN)C2)cc1[N+](=O)[O-]. The molecule has 1 atom stereocenters. The molecule has 0 amide bonds. The third-order valence-corrected chi connectivity index (χ3v) is 5.69. The van der Waals surface area contributed by atoms with Gasteiger partial charge in [-0.3, -0.25) is 10.1 Å². The van der Waals surface area contributed by atoms with E-state index in [9.17, 15) is 18.5 Å². The Labute approximate surface area is 123 Å². The largest absolute Gasteiger partial charge is 0.330 e. The molecule has 21 heavy (non-hydrogen) atoms. The van der Waals surface area contributed by atoms with Crippen LogP contribution in [0.5, 0.6) is 0 Å². The van der Waals surface area contributed by atoms with Crippen LogP contribution in [-0.4, -0.2) is 37.3 Å². The number of nitro groups is 1. The van der Waals surface area contributed by atoms with Crippen LogP contribution in [0, 0.1) is 23.0 Å². The van der Waals surface area contributed by atoms with Gasteiger partial charge in [0.2, 0.25) is 10.0 Å². The lowest BCUT2D eigenvalue weighted by Crippen LogP contribution is -2.41. The van der Waals surface area contributed by atoms with E-state index in [2.05, 4.69) is 0 Å². The number of sulfonamides is 1. The van der Waals surface area contributed by atoms with E-state index in [1.165, 1.54) is 16.4 Å². The number of hydrogen-bond acceptors (Lipinski definition) is 5. The predicted octanol–water partition coefficient (Wildman–Crippen LogP) is 1.26. The zero-order valence-electron chi connectivity index (χ0n) is 11.9. The second-order valence-electron chi connectivity index (χ2n) is 5.31. The van der Waals surface area contributed by atoms with E-state index in [1.807, 2.05) is 0 Å². The van der Waals surface area contributed by atoms with Gasteiger partial charge in [0.05, 0.1) is 9.82 Å². The maximum absolute atomic E-state index is 12.6. The van der Waals surface area contributed by atoms with Crippen LogP contribution in [-0.2, 0) is 10.0 Å². The van der Waals surface area contributed by atoms with Crippen molar-refractivity contribution in [1.29, 1.82) is 0 Å². The Balaban J connectivity index is 2.35. The summed E-state index contributed by atoms with van der Waals surface area (Å²) in [5.74, 6) is 0.147. The van der Waals surface area contributed by atoms with Gasteiger partial charge in [-0.1, -0.05) is 6.07 Å². The first-order valence-corrected chi connectivity index (χ1v) is 8.25. The lowest BCUT2D eigenvalue weighted by atomic mass is 10.0. The minimum Gasteiger partial charge on any atom is -0.330 e. The molecule has 0 aliphatic carbocycles. The van der Waals surface area contributed by atoms with E-state index in [1.54, 1.807) is 6.92 Å². The summed E-state index contributed by atoms with van der Waals surface area (Å²) < 4.78 is 26.6. The minimum absolute atomic E-state index is 0.0301. The number of nitrogens with zero attached hydrogens (tertiary/aromatic N) is 2. The summed E-state index contributed by atoms with van der Waals surface area (Å²) >= 11 is 0. The molecule has 1 aromatic rings. The van der Waals surface area contributed by atoms with Gasteiger partial charge < -0.3 is 5.73 Å². The van der Waals surface area contributed by atoms with Gasteiger partial charge in [0.25, 0.3) is 5.69 Å². The van der Waals surface area contributed by atoms with E-state index in [0.29, 0.717) is 25.2 Å². The normalized spacial score (nSPS) is 20.4. The predicted molar refractivity (Wildman–Crippen MR) is 78.4 cm³/mol. The van der Waals surface area contributed by atoms with Crippen molar-refractivity contribution in [3.8, 4) is 0 Å². The highest BCUT2D eigenvalue weighted by Gasteiger charge is 2.30. The quantitative estimate of drug-likeness (QED) is 0.665. The van der Waals surface area contributed by atoms with Gasteiger partial charge in [0, 0.05) is 24.7 Å². The molecule has 2 rings (SSSR count). The van der Waals surface area contributed by atoms with Gasteiger partial charge in [-0.05, 0) is 38.3 Å². The third kappa shape index (κ3) is 3.22. The Morgan fingerprint density at radius 3 is 2.81 bits per heavy atom. The van der Waals surface area contributed by atoms with E-state index in [4.69, 9.17) is 5.73 Å². The molecule has 1 saturated heterocycles. The molecule has 1 unspecified atom stereocenters. The summed E-state index contributed by atoms with van der Waals surface area (Å²) in [5, 5.41) is 11.0. The first-order chi connectivity index (χ1) is 9.86. The summed E-state index contributed by atoms with van der Waals surface area (Å²) in [5.41, 5.74) is 5.89. The number of nitrogens with two attached hydrogens (primary N) is 1. The number of aryl methyl sites for hydroxylation is 1. The van der Waals surface area contributed by atoms with Gasteiger partial charge in [0.15, 0.2) is 0 Å². The number of hydrogen-bond donors (Lipinski definition) is 1. The van der Waals surface area contributed by atoms with Gasteiger partial charge >= 0.3 is 0 Å². The molecule has 1 aliphatic heterocycles. The van der Waals surface area contributed by atoms with E-state index in [-0.39, 0.29) is 16.5 Å². The van der Waals surface area contributed by atoms with E-state index >= 15 is 0 Å². The molecule has 7 nitrogen and oxygen atoms in total. The van der Waals surface area contributed by atoms with Crippen LogP contribution in [0.15, 0.2) is 23.1 Å². The minimum atomic E-state index is -3.70. The Morgan fingerprint density at radius 2 is 2.19 bits per heavy atom. The standard InChI is InChI=1S/C13H19N3O4S/c1-10-4-5-12(7-13(10)16(17)18)21(19,20)15-6-2-3-11(8-14)9-15/h4-5,7,11H,2-3,6,8-9,14H2,1H3. The van der Waals surface area contributed by atoms with E-state index in [0.717, 1.165) is 18.9 Å². The van der Waals surface area contributed by atoms with Crippen molar-refractivity contribution in [2.24, 2.45) is 11.7 Å². The first-order valence-electron chi connectivity index (χ1n) is 6.81. The van der Waals surface area contributed by atoms with Gasteiger partial charge in [-0.25, -0.2) is 8.42 Å². The Hall–Kier alpha value is -1.51. The van der Waals surface area contributed by atoms with Crippen molar-refractivity contribution in [1.82, 2.24) is 4.31 Å². The summed E-state index contributed by atoms with van der Waals surface area (Å²) in [4.78, 5) is 10.4. The molecule has 1 heterocycles. The smallest absolute Gasteiger partial charge is 0.273 e. The maximum Gasteiger partial charge on any atom is 0.273 e. The summed E-state index contributed by atoms with van der Waals surface area (Å²) in [6, 6.07) is 4.02. The highest BCUT2D eigenvalue weighted by molar-refractivity contribution is 7.89. The van der Waals surface area contributed by atoms with Crippen LogP contribution in [0.3, 0.4) is 0 Å². The monoisotopic (exact) mass is 313 g/mol. The average molecular weight is 313 g/mol. The Bertz CT molecular complexity index is 645. The van der Waals surface area contributed by atoms with Crippen LogP contribution in [0.25, 0.3) is 0 Å². The van der Waals surface area contributed by atoms with Crippen molar-refractivity contribution < 1.29 is 13.3 Å². The maximum atomic E-state index is 12.6. The third-order valence-electron chi connectivity index (χ3n) is 3.83. The van der Waals surface area contributed by atoms with Gasteiger partial charge in [0.1, 0.15) is 0 Å². The summed E-state index contributed by atoms with van der Waals surface area (Å²) in [7, 11) is -3.70. The molecule has 0 spiro atoms. The van der Waals surface area contributed by atoms with Crippen LogP contribution in [0.4, 0.5) is 5.69 Å². The molecular weight excluding hydrogens is 294 g/mol. The molecule has 1 fully saturated rings. The zero-order valence-corrected chi connectivity index (χ0v) is 12.7. The Morgan fingerprint density at radius 1 is 1.48 bits per heavy atom. The lowest BCUT2D eigenvalue weighted by Gasteiger charge is -2.31. The zero-order chi connectivity index (χ0) is 15.6. The van der Waals surface area contributed by atoms with E-state index < -0.39 is 14.9 Å². The highest BCUT2D eigenvalue weighted by Crippen LogP contribution is 2.27. The van der Waals surface area contributed by atoms with Crippen LogP contribution >= 0.6 is 0 Å². The first kappa shape index (κ1) is 15.9. The van der Waals surface area contributed by atoms with Crippen LogP contribution in [0.1, 0.15) is 18.4 Å². The molecular formula is C13H19N3O4S. The van der Waals surface area contributed by atoms with Crippen molar-refractivity contribution in [2.45, 2.75) is 24.7 Å². The molecule has 0 aromatic heterocycles. The summed E-state index contributed by atoms with van der Waals surface area (Å²) in [6.07, 6.45) is 1.67. The van der Waals surface area contributed by atoms with Crippen molar-refractivity contribution in [3.63, 3.8) is 0 Å². The Kier molecular flexibility index (Phi) is 4.60. The van der Waals surface area contributed by atoms with Crippen LogP contribution in [0.2, 0.25) is 0 Å². The molecule has 0 saturated carbocycles. The number of benzene rings is 1. The van der Waals surface area contributed by atoms with Crippen LogP contribution < -0.4 is 5.73 Å². The fraction of sp³-hybridized carbons (Fsp3) is 0.538. The topological polar surface area (TPSA) is 107 Å². The number of rotatable bonds is 4. The second-order valence-corrected chi connectivity index (χ2v) is 7.25. The van der Waals surface area contributed by atoms with Crippen molar-refractivity contribution >= 4 is 15.7 Å². The fourth-order valence-corrected chi connectivity index (χ4v) is 4.11. The molecule has 116 valence electrons. The number of nitro benzene ring substituents is 1. The fourth-order valence-electron chi connectivity index (χ4n) is 2.53. The van der Waals surface area contributed by atoms with Gasteiger partial charge in [-0.15, -0.1) is 0 Å². The van der Waals surface area contributed by atoms with Crippen molar-refractivity contribution in [2.75, 3.05) is 19.6 Å². The highest BCUT2D eigenvalue weighted by atomic mass is 32.2. The molecule has 2 N–H and O–H groups in total. The molecule has 1 aliphatic rings. The lowest BCUT2D eigenvalue weighted by molar-refractivity contribution is -0.385. The summed E-state index contributed by atoms with van der Waals surface area (Å²) in [6.45, 7) is 2.83. The second kappa shape index (κ2) is 6.08. The molecule has 0 bridgehead atoms. The van der Waals surface area contributed by atoms with Crippen molar-refractivity contribution in [3.05, 3.63) is 33.9 Å². The van der Waals surface area contributed by atoms with Gasteiger partial charge in [-0.2, -0.15) is 4.31 Å². The average Bonchev–Trinajstić information content (AvgIpc) is 2.47. The molecule has 1 aromatic carbocycles. The molecule has 8 heteroatoms. The molecule has 0 radical (unpaired) electrons. The number of piperidine rings is 1.